The largest absolute Gasteiger partial charge is 0.488 e. The van der Waals surface area contributed by atoms with Crippen LogP contribution < -0.4 is 10.2 Å². The third-order valence-electron chi connectivity index (χ3n) is 4.70. The van der Waals surface area contributed by atoms with Crippen molar-refractivity contribution >= 4 is 81.0 Å². The molecule has 5 nitrogen and oxygen atoms in total. The zero-order valence-corrected chi connectivity index (χ0v) is 21.2. The molecule has 0 aromatic heterocycles. The third-order valence-corrected chi connectivity index (χ3v) is 6.82. The van der Waals surface area contributed by atoms with Gasteiger partial charge < -0.3 is 4.74 Å². The van der Waals surface area contributed by atoms with Gasteiger partial charge >= 0.3 is 0 Å². The first-order chi connectivity index (χ1) is 16.3. The Bertz CT molecular complexity index is 1330. The number of hydrogen-bond donors (Lipinski definition) is 1. The summed E-state index contributed by atoms with van der Waals surface area (Å²) in [6.07, 6.45) is 1.67. The van der Waals surface area contributed by atoms with E-state index in [2.05, 4.69) is 5.43 Å². The summed E-state index contributed by atoms with van der Waals surface area (Å²) in [5.41, 5.74) is 4.30. The number of nitrogens with one attached hydrogen (secondary N) is 1. The minimum Gasteiger partial charge on any atom is -0.488 e. The van der Waals surface area contributed by atoms with Crippen LogP contribution in [-0.2, 0) is 11.4 Å². The van der Waals surface area contributed by atoms with Gasteiger partial charge in [-0.2, -0.15) is 5.01 Å². The summed E-state index contributed by atoms with van der Waals surface area (Å²) < 4.78 is 6.16. The smallest absolute Gasteiger partial charge is 0.285 e. The van der Waals surface area contributed by atoms with Gasteiger partial charge in [-0.05, 0) is 54.7 Å². The number of halogens is 3. The molecule has 4 rings (SSSR count). The number of thioether (sulfide) groups is 1. The van der Waals surface area contributed by atoms with Crippen molar-refractivity contribution in [2.24, 2.45) is 0 Å². The fourth-order valence-electron chi connectivity index (χ4n) is 3.03. The highest BCUT2D eigenvalue weighted by Crippen LogP contribution is 2.34. The lowest BCUT2D eigenvalue weighted by atomic mass is 10.1. The monoisotopic (exact) mass is 548 g/mol. The molecule has 0 aliphatic carbocycles. The molecule has 0 radical (unpaired) electrons. The van der Waals surface area contributed by atoms with E-state index in [0.29, 0.717) is 36.8 Å². The van der Waals surface area contributed by atoms with Gasteiger partial charge in [0, 0.05) is 31.8 Å². The van der Waals surface area contributed by atoms with Crippen molar-refractivity contribution in [1.82, 2.24) is 10.4 Å². The number of hydrogen-bond acceptors (Lipinski definition) is 5. The molecule has 0 spiro atoms. The molecule has 0 unspecified atom stereocenters. The minimum absolute atomic E-state index is 0.206. The number of ether oxygens (including phenoxy) is 1. The van der Waals surface area contributed by atoms with Gasteiger partial charge in [0.2, 0.25) is 0 Å². The first-order valence-electron chi connectivity index (χ1n) is 9.82. The third kappa shape index (κ3) is 5.74. The second-order valence-corrected chi connectivity index (χ2v) is 9.99. The molecule has 1 fully saturated rings. The Morgan fingerprint density at radius 1 is 1.03 bits per heavy atom. The van der Waals surface area contributed by atoms with Gasteiger partial charge in [0.05, 0.1) is 4.91 Å². The predicted octanol–water partition coefficient (Wildman–Crippen LogP) is 6.77. The number of hydrazine groups is 1. The maximum Gasteiger partial charge on any atom is 0.285 e. The zero-order valence-electron chi connectivity index (χ0n) is 17.3. The highest BCUT2D eigenvalue weighted by atomic mass is 35.5. The van der Waals surface area contributed by atoms with Crippen LogP contribution in [0.25, 0.3) is 6.08 Å². The Kier molecular flexibility index (Phi) is 7.80. The normalized spacial score (nSPS) is 14.6. The quantitative estimate of drug-likeness (QED) is 0.272. The van der Waals surface area contributed by atoms with E-state index >= 15 is 0 Å². The minimum atomic E-state index is -0.497. The van der Waals surface area contributed by atoms with Crippen LogP contribution in [0.3, 0.4) is 0 Å². The van der Waals surface area contributed by atoms with Crippen molar-refractivity contribution in [3.63, 3.8) is 0 Å². The number of rotatable bonds is 6. The summed E-state index contributed by atoms with van der Waals surface area (Å²) in [6.45, 7) is 0.220. The summed E-state index contributed by atoms with van der Waals surface area (Å²) in [7, 11) is 0. The fraction of sp³-hybridized carbons (Fsp3) is 0.0417. The summed E-state index contributed by atoms with van der Waals surface area (Å²) >= 11 is 24.5. The van der Waals surface area contributed by atoms with Gasteiger partial charge in [-0.3, -0.25) is 15.0 Å². The first-order valence-corrected chi connectivity index (χ1v) is 12.2. The van der Waals surface area contributed by atoms with Crippen molar-refractivity contribution in [3.8, 4) is 5.75 Å². The average Bonchev–Trinajstić information content (AvgIpc) is 3.06. The summed E-state index contributed by atoms with van der Waals surface area (Å²) in [4.78, 5) is 25.8. The zero-order chi connectivity index (χ0) is 24.2. The van der Waals surface area contributed by atoms with E-state index in [1.54, 1.807) is 48.5 Å². The molecule has 3 aromatic rings. The number of nitrogens with zero attached hydrogens (tertiary/aromatic N) is 1. The molecule has 0 atom stereocenters. The van der Waals surface area contributed by atoms with E-state index in [9.17, 15) is 9.59 Å². The van der Waals surface area contributed by atoms with Crippen LogP contribution in [0, 0.1) is 0 Å². The number of benzene rings is 3. The molecule has 34 heavy (non-hydrogen) atoms. The highest BCUT2D eigenvalue weighted by Gasteiger charge is 2.34. The summed E-state index contributed by atoms with van der Waals surface area (Å²) in [6, 6.07) is 18.8. The van der Waals surface area contributed by atoms with Crippen LogP contribution in [0.1, 0.15) is 21.5 Å². The van der Waals surface area contributed by atoms with E-state index in [0.717, 1.165) is 22.3 Å². The van der Waals surface area contributed by atoms with Crippen molar-refractivity contribution in [1.29, 1.82) is 0 Å². The van der Waals surface area contributed by atoms with E-state index < -0.39 is 11.8 Å². The van der Waals surface area contributed by atoms with Gasteiger partial charge in [-0.1, -0.05) is 76.9 Å². The van der Waals surface area contributed by atoms with E-state index in [-0.39, 0.29) is 10.9 Å². The Morgan fingerprint density at radius 3 is 2.56 bits per heavy atom. The standard InChI is InChI=1S/C24H15Cl3N2O3S2/c25-17-6-3-5-15(10-17)22(30)28-29-23(31)21(34-24(29)33)11-14-4-1-2-7-20(14)32-13-16-8-9-18(26)12-19(16)27/h1-12H,13H2,(H,28,30)/b21-11+. The van der Waals surface area contributed by atoms with Crippen molar-refractivity contribution in [2.75, 3.05) is 0 Å². The summed E-state index contributed by atoms with van der Waals surface area (Å²) in [5, 5.41) is 2.50. The van der Waals surface area contributed by atoms with Gasteiger partial charge in [-0.25, -0.2) is 0 Å². The molecule has 10 heteroatoms. The molecular formula is C24H15Cl3N2O3S2. The second-order valence-electron chi connectivity index (χ2n) is 7.03. The SMILES string of the molecule is O=C(NN1C(=O)/C(=C\c2ccccc2OCc2ccc(Cl)cc2Cl)SC1=S)c1cccc(Cl)c1. The van der Waals surface area contributed by atoms with Crippen LogP contribution in [0.15, 0.2) is 71.6 Å². The van der Waals surface area contributed by atoms with E-state index in [1.165, 1.54) is 6.07 Å². The lowest BCUT2D eigenvalue weighted by molar-refractivity contribution is -0.123. The molecule has 0 saturated carbocycles. The van der Waals surface area contributed by atoms with Crippen LogP contribution >= 0.6 is 58.8 Å². The van der Waals surface area contributed by atoms with Gasteiger partial charge in [-0.15, -0.1) is 0 Å². The lowest BCUT2D eigenvalue weighted by Gasteiger charge is -2.15. The molecule has 1 N–H and O–H groups in total. The summed E-state index contributed by atoms with van der Waals surface area (Å²) in [5.74, 6) is -0.383. The average molecular weight is 550 g/mol. The second kappa shape index (κ2) is 10.8. The van der Waals surface area contributed by atoms with Crippen molar-refractivity contribution < 1.29 is 14.3 Å². The topological polar surface area (TPSA) is 58.6 Å². The molecule has 1 heterocycles. The van der Waals surface area contributed by atoms with E-state index in [4.69, 9.17) is 51.8 Å². The molecule has 1 saturated heterocycles. The predicted molar refractivity (Wildman–Crippen MR) is 141 cm³/mol. The first kappa shape index (κ1) is 24.6. The Morgan fingerprint density at radius 2 is 1.79 bits per heavy atom. The van der Waals surface area contributed by atoms with Gasteiger partial charge in [0.25, 0.3) is 11.8 Å². The van der Waals surface area contributed by atoms with Crippen molar-refractivity contribution in [3.05, 3.63) is 103 Å². The maximum atomic E-state index is 13.0. The Labute approximate surface area is 220 Å². The number of para-hydroxylation sites is 1. The molecule has 1 aliphatic heterocycles. The van der Waals surface area contributed by atoms with Crippen molar-refractivity contribution in [2.45, 2.75) is 6.61 Å². The van der Waals surface area contributed by atoms with E-state index in [1.807, 2.05) is 18.2 Å². The van der Waals surface area contributed by atoms with Crippen LogP contribution in [0.2, 0.25) is 15.1 Å². The van der Waals surface area contributed by atoms with Gasteiger partial charge in [0.15, 0.2) is 4.32 Å². The number of carbonyl (C=O) groups excluding carboxylic acids is 2. The van der Waals surface area contributed by atoms with Crippen LogP contribution in [0.4, 0.5) is 0 Å². The molecule has 2 amide bonds. The Balaban J connectivity index is 1.50. The lowest BCUT2D eigenvalue weighted by Crippen LogP contribution is -2.44. The van der Waals surface area contributed by atoms with Crippen LogP contribution in [-0.4, -0.2) is 21.1 Å². The number of carbonyl (C=O) groups is 2. The Hall–Kier alpha value is -2.55. The highest BCUT2D eigenvalue weighted by molar-refractivity contribution is 8.26. The number of thiocarbonyl (C=S) groups is 1. The molecule has 3 aromatic carbocycles. The fourth-order valence-corrected chi connectivity index (χ4v) is 4.85. The molecule has 1 aliphatic rings. The van der Waals surface area contributed by atoms with Gasteiger partial charge in [0.1, 0.15) is 12.4 Å². The number of amides is 2. The maximum absolute atomic E-state index is 13.0. The molecular weight excluding hydrogens is 535 g/mol. The molecule has 172 valence electrons. The van der Waals surface area contributed by atoms with Crippen LogP contribution in [0.5, 0.6) is 5.75 Å². The molecule has 0 bridgehead atoms.